The lowest BCUT2D eigenvalue weighted by Gasteiger charge is -2.32. The first kappa shape index (κ1) is 17.5. The van der Waals surface area contributed by atoms with Gasteiger partial charge in [-0.1, -0.05) is 6.92 Å². The van der Waals surface area contributed by atoms with Crippen LogP contribution in [-0.4, -0.2) is 35.3 Å². The molecule has 8 heteroatoms. The van der Waals surface area contributed by atoms with Crippen molar-refractivity contribution in [2.75, 3.05) is 30.4 Å². The maximum atomic E-state index is 5.32. The molecule has 0 saturated carbocycles. The molecule has 1 aliphatic heterocycles. The van der Waals surface area contributed by atoms with Crippen LogP contribution in [0.2, 0.25) is 0 Å². The number of rotatable bonds is 5. The number of nitrogens with one attached hydrogen (secondary N) is 2. The van der Waals surface area contributed by atoms with Gasteiger partial charge in [-0.05, 0) is 43.1 Å². The van der Waals surface area contributed by atoms with Crippen LogP contribution in [0.4, 0.5) is 11.8 Å². The Hall–Kier alpha value is -2.35. The molecular formula is C17H23N5O2S. The van der Waals surface area contributed by atoms with E-state index in [0.717, 1.165) is 24.7 Å². The van der Waals surface area contributed by atoms with E-state index in [2.05, 4.69) is 32.4 Å². The van der Waals surface area contributed by atoms with Gasteiger partial charge in [-0.2, -0.15) is 9.97 Å². The summed E-state index contributed by atoms with van der Waals surface area (Å²) in [5.74, 6) is 3.25. The molecule has 0 bridgehead atoms. The van der Waals surface area contributed by atoms with Crippen molar-refractivity contribution in [1.82, 2.24) is 15.3 Å². The summed E-state index contributed by atoms with van der Waals surface area (Å²) in [6.07, 6.45) is 4.05. The molecule has 2 N–H and O–H groups in total. The number of hydrogen-bond donors (Lipinski definition) is 2. The molecule has 0 spiro atoms. The molecule has 25 heavy (non-hydrogen) atoms. The van der Waals surface area contributed by atoms with E-state index in [0.29, 0.717) is 29.4 Å². The fourth-order valence-corrected chi connectivity index (χ4v) is 3.02. The minimum absolute atomic E-state index is 0.421. The van der Waals surface area contributed by atoms with Crippen LogP contribution in [0.15, 0.2) is 28.9 Å². The zero-order chi connectivity index (χ0) is 17.6. The minimum Gasteiger partial charge on any atom is -0.481 e. The number of ether oxygens (including phenoxy) is 1. The molecule has 0 radical (unpaired) electrons. The molecule has 0 aromatic carbocycles. The zero-order valence-corrected chi connectivity index (χ0v) is 15.3. The fourth-order valence-electron chi connectivity index (χ4n) is 2.86. The van der Waals surface area contributed by atoms with Gasteiger partial charge in [-0.15, -0.1) is 0 Å². The second-order valence-electron chi connectivity index (χ2n) is 6.17. The normalized spacial score (nSPS) is 17.2. The molecule has 1 aliphatic rings. The van der Waals surface area contributed by atoms with E-state index < -0.39 is 0 Å². The van der Waals surface area contributed by atoms with Gasteiger partial charge < -0.3 is 24.7 Å². The van der Waals surface area contributed by atoms with Gasteiger partial charge in [-0.25, -0.2) is 0 Å². The number of methoxy groups -OCH3 is 1. The molecule has 1 atom stereocenters. The number of thiocarbonyl (C=S) groups is 1. The van der Waals surface area contributed by atoms with Gasteiger partial charge in [-0.3, -0.25) is 0 Å². The van der Waals surface area contributed by atoms with Gasteiger partial charge >= 0.3 is 0 Å². The highest BCUT2D eigenvalue weighted by Crippen LogP contribution is 2.25. The fraction of sp³-hybridized carbons (Fsp3) is 0.471. The van der Waals surface area contributed by atoms with Crippen molar-refractivity contribution in [1.29, 1.82) is 0 Å². The number of nitrogens with zero attached hydrogens (tertiary/aromatic N) is 3. The van der Waals surface area contributed by atoms with Crippen molar-refractivity contribution in [3.05, 3.63) is 30.2 Å². The molecule has 0 aliphatic carbocycles. The molecule has 1 fully saturated rings. The van der Waals surface area contributed by atoms with Crippen molar-refractivity contribution < 1.29 is 9.15 Å². The molecule has 2 aromatic heterocycles. The maximum absolute atomic E-state index is 5.32. The summed E-state index contributed by atoms with van der Waals surface area (Å²) in [5, 5.41) is 6.52. The molecule has 7 nitrogen and oxygen atoms in total. The van der Waals surface area contributed by atoms with E-state index in [1.54, 1.807) is 13.4 Å². The minimum atomic E-state index is 0.421. The van der Waals surface area contributed by atoms with Crippen LogP contribution >= 0.6 is 12.2 Å². The summed E-state index contributed by atoms with van der Waals surface area (Å²) in [7, 11) is 1.60. The smallest absolute Gasteiger partial charge is 0.234 e. The Morgan fingerprint density at radius 1 is 1.48 bits per heavy atom. The third kappa shape index (κ3) is 4.82. The van der Waals surface area contributed by atoms with E-state index in [-0.39, 0.29) is 0 Å². The van der Waals surface area contributed by atoms with E-state index in [1.807, 2.05) is 18.2 Å². The SMILES string of the molecule is COc1cc(N2CCC[C@H](C)C2)nc(NC(=S)NCc2ccco2)n1. The lowest BCUT2D eigenvalue weighted by Crippen LogP contribution is -2.35. The summed E-state index contributed by atoms with van der Waals surface area (Å²) >= 11 is 5.31. The van der Waals surface area contributed by atoms with E-state index in [4.69, 9.17) is 21.4 Å². The Morgan fingerprint density at radius 2 is 2.36 bits per heavy atom. The molecule has 0 unspecified atom stereocenters. The van der Waals surface area contributed by atoms with E-state index in [1.165, 1.54) is 12.8 Å². The standard InChI is InChI=1S/C17H23N5O2S/c1-12-5-3-7-22(11-12)14-9-15(23-2)20-16(19-14)21-17(25)18-10-13-6-4-8-24-13/h4,6,8-9,12H,3,5,7,10-11H2,1-2H3,(H2,18,19,20,21,25)/t12-/m0/s1. The lowest BCUT2D eigenvalue weighted by molar-refractivity contribution is 0.396. The number of furan rings is 1. The highest BCUT2D eigenvalue weighted by Gasteiger charge is 2.19. The monoisotopic (exact) mass is 361 g/mol. The van der Waals surface area contributed by atoms with E-state index >= 15 is 0 Å². The Bertz CT molecular complexity index is 707. The van der Waals surface area contributed by atoms with Crippen LogP contribution < -0.4 is 20.3 Å². The Kier molecular flexibility index (Phi) is 5.70. The van der Waals surface area contributed by atoms with Crippen molar-refractivity contribution in [3.8, 4) is 5.88 Å². The Balaban J connectivity index is 1.67. The average Bonchev–Trinajstić information content (AvgIpc) is 3.13. The van der Waals surface area contributed by atoms with Gasteiger partial charge in [0.2, 0.25) is 11.8 Å². The molecule has 134 valence electrons. The third-order valence-electron chi connectivity index (χ3n) is 4.11. The predicted octanol–water partition coefficient (Wildman–Crippen LogP) is 2.80. The quantitative estimate of drug-likeness (QED) is 0.788. The molecule has 3 heterocycles. The number of anilines is 2. The van der Waals surface area contributed by atoms with Crippen LogP contribution in [0, 0.1) is 5.92 Å². The topological polar surface area (TPSA) is 75.5 Å². The van der Waals surface area contributed by atoms with Crippen molar-refractivity contribution in [3.63, 3.8) is 0 Å². The van der Waals surface area contributed by atoms with Gasteiger partial charge in [0, 0.05) is 19.2 Å². The first-order valence-corrected chi connectivity index (χ1v) is 8.80. The van der Waals surface area contributed by atoms with E-state index in [9.17, 15) is 0 Å². The van der Waals surface area contributed by atoms with Crippen LogP contribution in [0.1, 0.15) is 25.5 Å². The Morgan fingerprint density at radius 3 is 3.08 bits per heavy atom. The van der Waals surface area contributed by atoms with Gasteiger partial charge in [0.25, 0.3) is 0 Å². The first-order valence-electron chi connectivity index (χ1n) is 8.39. The highest BCUT2D eigenvalue weighted by molar-refractivity contribution is 7.80. The average molecular weight is 361 g/mol. The molecule has 1 saturated heterocycles. The second kappa shape index (κ2) is 8.15. The summed E-state index contributed by atoms with van der Waals surface area (Å²) < 4.78 is 10.6. The summed E-state index contributed by atoms with van der Waals surface area (Å²) in [5.41, 5.74) is 0. The first-order chi connectivity index (χ1) is 12.1. The molecular weight excluding hydrogens is 338 g/mol. The van der Waals surface area contributed by atoms with Gasteiger partial charge in [0.1, 0.15) is 11.6 Å². The summed E-state index contributed by atoms with van der Waals surface area (Å²) in [6.45, 7) is 4.74. The third-order valence-corrected chi connectivity index (χ3v) is 4.35. The molecule has 0 amide bonds. The second-order valence-corrected chi connectivity index (χ2v) is 6.58. The van der Waals surface area contributed by atoms with Gasteiger partial charge in [0.05, 0.1) is 19.9 Å². The molecule has 3 rings (SSSR count). The van der Waals surface area contributed by atoms with Crippen LogP contribution in [0.25, 0.3) is 0 Å². The number of hydrogen-bond acceptors (Lipinski definition) is 6. The molecule has 2 aromatic rings. The number of aromatic nitrogens is 2. The summed E-state index contributed by atoms with van der Waals surface area (Å²) in [4.78, 5) is 11.2. The largest absolute Gasteiger partial charge is 0.481 e. The van der Waals surface area contributed by atoms with Crippen LogP contribution in [0.3, 0.4) is 0 Å². The van der Waals surface area contributed by atoms with Crippen molar-refractivity contribution in [2.45, 2.75) is 26.3 Å². The Labute approximate surface area is 152 Å². The predicted molar refractivity (Wildman–Crippen MR) is 101 cm³/mol. The van der Waals surface area contributed by atoms with Crippen LogP contribution in [-0.2, 0) is 6.54 Å². The lowest BCUT2D eigenvalue weighted by atomic mass is 10.0. The number of piperidine rings is 1. The highest BCUT2D eigenvalue weighted by atomic mass is 32.1. The maximum Gasteiger partial charge on any atom is 0.234 e. The van der Waals surface area contributed by atoms with Crippen LogP contribution in [0.5, 0.6) is 5.88 Å². The summed E-state index contributed by atoms with van der Waals surface area (Å²) in [6, 6.07) is 5.58. The van der Waals surface area contributed by atoms with Gasteiger partial charge in [0.15, 0.2) is 5.11 Å². The van der Waals surface area contributed by atoms with Crippen molar-refractivity contribution in [2.24, 2.45) is 5.92 Å². The zero-order valence-electron chi connectivity index (χ0n) is 14.5. The van der Waals surface area contributed by atoms with Crippen molar-refractivity contribution >= 4 is 29.1 Å².